The van der Waals surface area contributed by atoms with E-state index in [4.69, 9.17) is 12.8 Å². The van der Waals surface area contributed by atoms with Gasteiger partial charge in [0.05, 0.1) is 63.2 Å². The van der Waals surface area contributed by atoms with E-state index in [1.807, 2.05) is 21.3 Å². The van der Waals surface area contributed by atoms with Gasteiger partial charge in [-0.15, -0.1) is 12.8 Å². The van der Waals surface area contributed by atoms with Gasteiger partial charge < -0.3 is 15.0 Å². The first-order chi connectivity index (χ1) is 32.9. The van der Waals surface area contributed by atoms with Crippen LogP contribution >= 0.6 is 0 Å². The standard InChI is InChI=1S/C43H17F15N6O4S2.Fe/c1-3-9-59-69(65,66)19-11-17-22(25-29(46)35(52)40(57)36(53)30(25)47)15-7-5-13(61-15)21(24-27(44)33(50)39(56)34(51)28(24)45)14-6-8-16(62-14)23(26-31(48)37(54)41(58)38(55)32(26)49)18-12-20(43(64-18)42(19)63-17)70(67,68)60-10-4-2;/h1-2,5-8,11-12,59-61,63-64H,9-10H2;/q;+3. The molecule has 1 aliphatic rings. The van der Waals surface area contributed by atoms with Crippen LogP contribution in [0.5, 0.6) is 0 Å². The van der Waals surface area contributed by atoms with Gasteiger partial charge in [0.15, 0.2) is 69.8 Å². The predicted octanol–water partition coefficient (Wildman–Crippen LogP) is 9.60. The van der Waals surface area contributed by atoms with Gasteiger partial charge in [0.2, 0.25) is 37.5 Å². The van der Waals surface area contributed by atoms with Crippen molar-refractivity contribution in [2.24, 2.45) is 0 Å². The van der Waals surface area contributed by atoms with Crippen LogP contribution in [0.15, 0.2) is 34.1 Å². The second-order valence-electron chi connectivity index (χ2n) is 14.4. The number of aromatic amines is 3. The van der Waals surface area contributed by atoms with Gasteiger partial charge >= 0.3 is 17.1 Å². The Kier molecular flexibility index (Phi) is 13.5. The average molecular weight is 1090 g/mol. The van der Waals surface area contributed by atoms with Crippen molar-refractivity contribution < 1.29 is 99.8 Å². The van der Waals surface area contributed by atoms with E-state index in [9.17, 15) is 30.0 Å². The molecule has 10 nitrogen and oxygen atoms in total. The number of hydrogen-bond acceptors (Lipinski definition) is 5. The number of halogens is 15. The first kappa shape index (κ1) is 51.6. The Morgan fingerprint density at radius 2 is 0.704 bits per heavy atom. The van der Waals surface area contributed by atoms with Gasteiger partial charge in [0, 0.05) is 27.7 Å². The number of terminal acetylenes is 2. The molecule has 0 saturated heterocycles. The largest absolute Gasteiger partial charge is 3.00 e. The van der Waals surface area contributed by atoms with E-state index >= 15 is 52.7 Å². The molecule has 28 heteroatoms. The Labute approximate surface area is 396 Å². The third kappa shape index (κ3) is 8.15. The summed E-state index contributed by atoms with van der Waals surface area (Å²) >= 11 is 0. The molecule has 8 rings (SSSR count). The average Bonchev–Trinajstić information content (AvgIpc) is 4.18. The zero-order chi connectivity index (χ0) is 51.2. The minimum Gasteiger partial charge on any atom is -0.354 e. The molecular formula is C43H17F15FeN6O4S2+3. The summed E-state index contributed by atoms with van der Waals surface area (Å²) in [5.74, 6) is -36.1. The normalized spacial score (nSPS) is 12.1. The van der Waals surface area contributed by atoms with Crippen LogP contribution in [0.2, 0.25) is 0 Å². The topological polar surface area (TPSA) is 153 Å². The van der Waals surface area contributed by atoms with Gasteiger partial charge in [-0.2, -0.15) is 9.44 Å². The van der Waals surface area contributed by atoms with E-state index in [1.165, 1.54) is 0 Å². The molecule has 365 valence electrons. The van der Waals surface area contributed by atoms with Gasteiger partial charge in [0.25, 0.3) is 0 Å². The number of aromatic nitrogens is 4. The van der Waals surface area contributed by atoms with Crippen molar-refractivity contribution in [2.45, 2.75) is 9.79 Å². The third-order valence-electron chi connectivity index (χ3n) is 10.4. The monoisotopic (exact) mass is 1090 g/mol. The fourth-order valence-corrected chi connectivity index (χ4v) is 9.63. The van der Waals surface area contributed by atoms with Crippen molar-refractivity contribution in [3.05, 3.63) is 123 Å². The molecule has 7 aromatic rings. The number of nitrogens with one attached hydrogen (secondary N) is 5. The van der Waals surface area contributed by atoms with Crippen molar-refractivity contribution >= 4 is 65.3 Å². The molecule has 5 heterocycles. The zero-order valence-electron chi connectivity index (χ0n) is 34.0. The summed E-state index contributed by atoms with van der Waals surface area (Å²) in [6, 6.07) is 2.02. The molecule has 1 radical (unpaired) electrons. The number of benzene rings is 3. The smallest absolute Gasteiger partial charge is 0.354 e. The van der Waals surface area contributed by atoms with Gasteiger partial charge in [-0.1, -0.05) is 11.8 Å². The van der Waals surface area contributed by atoms with E-state index < -0.39 is 208 Å². The maximum atomic E-state index is 16.0. The maximum absolute atomic E-state index is 16.0. The van der Waals surface area contributed by atoms with Crippen molar-refractivity contribution in [1.29, 1.82) is 0 Å². The molecule has 5 N–H and O–H groups in total. The van der Waals surface area contributed by atoms with Gasteiger partial charge in [-0.25, -0.2) is 87.7 Å². The van der Waals surface area contributed by atoms with Crippen LogP contribution in [-0.4, -0.2) is 49.9 Å². The summed E-state index contributed by atoms with van der Waals surface area (Å²) in [5.41, 5.74) is -18.2. The molecule has 1 aliphatic heterocycles. The molecule has 0 atom stereocenters. The summed E-state index contributed by atoms with van der Waals surface area (Å²) in [7, 11) is -10.5. The second kappa shape index (κ2) is 18.5. The molecule has 0 unspecified atom stereocenters. The fourth-order valence-electron chi connectivity index (χ4n) is 7.38. The summed E-state index contributed by atoms with van der Waals surface area (Å²) in [6.07, 6.45) is 11.6. The summed E-state index contributed by atoms with van der Waals surface area (Å²) in [4.78, 5) is 8.23. The van der Waals surface area contributed by atoms with Gasteiger partial charge in [-0.05, 0) is 36.4 Å². The van der Waals surface area contributed by atoms with Crippen LogP contribution in [0.25, 0.3) is 78.6 Å². The molecule has 0 fully saturated rings. The Bertz CT molecular complexity index is 3910. The molecule has 8 bridgehead atoms. The summed E-state index contributed by atoms with van der Waals surface area (Å²) in [5, 5.41) is 0. The van der Waals surface area contributed by atoms with E-state index in [-0.39, 0.29) is 17.1 Å². The Balaban J connectivity index is 0.00000741. The van der Waals surface area contributed by atoms with Crippen LogP contribution in [0, 0.1) is 112 Å². The van der Waals surface area contributed by atoms with Crippen molar-refractivity contribution in [2.75, 3.05) is 13.1 Å². The summed E-state index contributed by atoms with van der Waals surface area (Å²) < 4.78 is 290. The minimum atomic E-state index is -5.27. The van der Waals surface area contributed by atoms with Crippen LogP contribution in [0.3, 0.4) is 0 Å². The van der Waals surface area contributed by atoms with Crippen LogP contribution < -0.4 is 9.44 Å². The van der Waals surface area contributed by atoms with Crippen LogP contribution in [0.4, 0.5) is 65.9 Å². The number of nitrogens with zero attached hydrogens (tertiary/aromatic N) is 1. The van der Waals surface area contributed by atoms with E-state index in [0.717, 1.165) is 0 Å². The molecule has 4 aromatic heterocycles. The maximum Gasteiger partial charge on any atom is 3.00 e. The predicted molar refractivity (Wildman–Crippen MR) is 219 cm³/mol. The molecular weight excluding hydrogens is 1070 g/mol. The minimum absolute atomic E-state index is 0. The molecule has 71 heavy (non-hydrogen) atoms. The van der Waals surface area contributed by atoms with E-state index in [0.29, 0.717) is 36.4 Å². The van der Waals surface area contributed by atoms with E-state index in [1.54, 1.807) is 0 Å². The molecule has 3 aromatic carbocycles. The zero-order valence-corrected chi connectivity index (χ0v) is 36.7. The third-order valence-corrected chi connectivity index (χ3v) is 13.3. The Morgan fingerprint density at radius 1 is 0.423 bits per heavy atom. The number of sulfonamides is 2. The number of H-pyrrole nitrogens is 3. The van der Waals surface area contributed by atoms with Gasteiger partial charge in [0.1, 0.15) is 9.79 Å². The van der Waals surface area contributed by atoms with Crippen molar-refractivity contribution in [3.8, 4) is 58.1 Å². The Hall–Kier alpha value is -7.20. The van der Waals surface area contributed by atoms with Crippen molar-refractivity contribution in [3.63, 3.8) is 0 Å². The Morgan fingerprint density at radius 3 is 1.04 bits per heavy atom. The molecule has 0 aliphatic carbocycles. The second-order valence-corrected chi connectivity index (χ2v) is 17.8. The fraction of sp³-hybridized carbons (Fsp3) is 0.0465. The van der Waals surface area contributed by atoms with Crippen molar-refractivity contribution in [1.82, 2.24) is 29.4 Å². The SMILES string of the molecule is C#CCNS(=O)(=O)c1cc2[nH]c1c1[nH]c(cc1S(=O)(=O)NCC#C)c(-c1c(F)c(F)c(F)c(F)c1F)c1ccc([nH]1)c(-c1c(F)c(F)c(F)c(F)c1F)c1nc(c2-c2c(F)c(F)c(F)c(F)c2F)C=C1.[Fe+3]. The van der Waals surface area contributed by atoms with Gasteiger partial charge in [-0.3, -0.25) is 0 Å². The number of hydrogen-bond donors (Lipinski definition) is 5. The van der Waals surface area contributed by atoms with Crippen LogP contribution in [0.1, 0.15) is 11.4 Å². The van der Waals surface area contributed by atoms with E-state index in [2.05, 4.69) is 19.9 Å². The number of fused-ring (bicyclic) bond motifs is 9. The molecule has 0 saturated carbocycles. The molecule has 0 amide bonds. The first-order valence-corrected chi connectivity index (χ1v) is 21.7. The van der Waals surface area contributed by atoms with Crippen LogP contribution in [-0.2, 0) is 37.1 Å². The number of rotatable bonds is 9. The molecule has 0 spiro atoms. The quantitative estimate of drug-likeness (QED) is 0.0321. The summed E-state index contributed by atoms with van der Waals surface area (Å²) in [6.45, 7) is -1.78. The first-order valence-electron chi connectivity index (χ1n) is 18.7.